The molecule has 1 aliphatic heterocycles. The monoisotopic (exact) mass is 334 g/mol. The molecule has 1 aromatic heterocycles. The van der Waals surface area contributed by atoms with Crippen LogP contribution < -0.4 is 10.2 Å². The molecule has 106 valence electrons. The fourth-order valence-corrected chi connectivity index (χ4v) is 2.89. The second kappa shape index (κ2) is 5.97. The summed E-state index contributed by atoms with van der Waals surface area (Å²) in [6.45, 7) is 3.06. The zero-order valence-corrected chi connectivity index (χ0v) is 13.2. The highest BCUT2D eigenvalue weighted by atomic mass is 79.9. The average Bonchev–Trinajstić information content (AvgIpc) is 2.74. The van der Waals surface area contributed by atoms with Gasteiger partial charge in [-0.25, -0.2) is 0 Å². The van der Waals surface area contributed by atoms with Crippen molar-refractivity contribution >= 4 is 21.6 Å². The van der Waals surface area contributed by atoms with Crippen molar-refractivity contribution < 1.29 is 0 Å². The van der Waals surface area contributed by atoms with E-state index in [0.717, 1.165) is 29.9 Å². The number of rotatable bonds is 5. The molecule has 2 heterocycles. The standard InChI is InChI=1S/C15H19BrN4/c1-19-15(16)14(9-18-19)20(11-13-7-8-17-13)10-12-5-3-2-4-6-12/h2-6,9,13,17H,7-8,10-11H2,1H3/t13-/m1/s1. The average molecular weight is 335 g/mol. The molecule has 4 nitrogen and oxygen atoms in total. The molecule has 1 atom stereocenters. The molecule has 0 bridgehead atoms. The Balaban J connectivity index is 1.81. The van der Waals surface area contributed by atoms with Gasteiger partial charge in [0.1, 0.15) is 4.60 Å². The maximum absolute atomic E-state index is 4.34. The number of nitrogens with one attached hydrogen (secondary N) is 1. The first-order valence-electron chi connectivity index (χ1n) is 6.94. The van der Waals surface area contributed by atoms with Crippen molar-refractivity contribution in [1.82, 2.24) is 15.1 Å². The van der Waals surface area contributed by atoms with E-state index in [1.54, 1.807) is 0 Å². The molecule has 0 unspecified atom stereocenters. The molecule has 1 saturated heterocycles. The Hall–Kier alpha value is -1.33. The highest BCUT2D eigenvalue weighted by Gasteiger charge is 2.22. The van der Waals surface area contributed by atoms with Gasteiger partial charge in [-0.3, -0.25) is 4.68 Å². The van der Waals surface area contributed by atoms with Crippen molar-refractivity contribution in [1.29, 1.82) is 0 Å². The molecule has 5 heteroatoms. The zero-order chi connectivity index (χ0) is 13.9. The number of hydrogen-bond acceptors (Lipinski definition) is 3. The number of aromatic nitrogens is 2. The second-order valence-electron chi connectivity index (χ2n) is 5.25. The van der Waals surface area contributed by atoms with Crippen LogP contribution in [0.1, 0.15) is 12.0 Å². The summed E-state index contributed by atoms with van der Waals surface area (Å²) in [5.41, 5.74) is 2.48. The van der Waals surface area contributed by atoms with Gasteiger partial charge in [0.2, 0.25) is 0 Å². The Morgan fingerprint density at radius 2 is 2.15 bits per heavy atom. The van der Waals surface area contributed by atoms with Crippen LogP contribution in [0.2, 0.25) is 0 Å². The number of halogens is 1. The van der Waals surface area contributed by atoms with E-state index in [4.69, 9.17) is 0 Å². The molecular formula is C15H19BrN4. The minimum absolute atomic E-state index is 0.589. The van der Waals surface area contributed by atoms with Crippen LogP contribution >= 0.6 is 15.9 Å². The van der Waals surface area contributed by atoms with Crippen LogP contribution in [0.5, 0.6) is 0 Å². The van der Waals surface area contributed by atoms with Gasteiger partial charge in [0.15, 0.2) is 0 Å². The first-order valence-corrected chi connectivity index (χ1v) is 7.73. The third kappa shape index (κ3) is 2.88. The first kappa shape index (κ1) is 13.6. The molecule has 1 aromatic carbocycles. The van der Waals surface area contributed by atoms with Crippen LogP contribution in [0, 0.1) is 0 Å². The van der Waals surface area contributed by atoms with Crippen LogP contribution in [0.3, 0.4) is 0 Å². The van der Waals surface area contributed by atoms with Gasteiger partial charge in [-0.1, -0.05) is 30.3 Å². The summed E-state index contributed by atoms with van der Waals surface area (Å²) in [4.78, 5) is 2.39. The van der Waals surface area contributed by atoms with Gasteiger partial charge in [0.05, 0.1) is 11.9 Å². The van der Waals surface area contributed by atoms with Gasteiger partial charge in [-0.05, 0) is 34.5 Å². The minimum atomic E-state index is 0.589. The normalized spacial score (nSPS) is 17.8. The van der Waals surface area contributed by atoms with Crippen molar-refractivity contribution in [2.24, 2.45) is 7.05 Å². The minimum Gasteiger partial charge on any atom is -0.362 e. The molecule has 0 amide bonds. The maximum Gasteiger partial charge on any atom is 0.127 e. The second-order valence-corrected chi connectivity index (χ2v) is 6.00. The molecule has 0 radical (unpaired) electrons. The fraction of sp³-hybridized carbons (Fsp3) is 0.400. The first-order chi connectivity index (χ1) is 9.74. The van der Waals surface area contributed by atoms with E-state index in [-0.39, 0.29) is 0 Å². The number of nitrogens with zero attached hydrogens (tertiary/aromatic N) is 3. The summed E-state index contributed by atoms with van der Waals surface area (Å²) < 4.78 is 2.90. The quantitative estimate of drug-likeness (QED) is 0.912. The molecule has 1 aliphatic rings. The summed E-state index contributed by atoms with van der Waals surface area (Å²) in [7, 11) is 1.95. The molecule has 1 N–H and O–H groups in total. The molecular weight excluding hydrogens is 316 g/mol. The molecule has 3 rings (SSSR count). The predicted molar refractivity (Wildman–Crippen MR) is 84.8 cm³/mol. The maximum atomic E-state index is 4.34. The summed E-state index contributed by atoms with van der Waals surface area (Å²) in [5.74, 6) is 0. The van der Waals surface area contributed by atoms with E-state index >= 15 is 0 Å². The van der Waals surface area contributed by atoms with Crippen LogP contribution in [0.15, 0.2) is 41.1 Å². The van der Waals surface area contributed by atoms with Gasteiger partial charge in [0.25, 0.3) is 0 Å². The number of aryl methyl sites for hydroxylation is 1. The zero-order valence-electron chi connectivity index (χ0n) is 11.6. The van der Waals surface area contributed by atoms with Crippen LogP contribution in [-0.4, -0.2) is 28.9 Å². The van der Waals surface area contributed by atoms with E-state index in [0.29, 0.717) is 6.04 Å². The molecule has 0 spiro atoms. The predicted octanol–water partition coefficient (Wildman–Crippen LogP) is 2.55. The SMILES string of the molecule is Cn1ncc(N(Cc2ccccc2)C[C@H]2CCN2)c1Br. The van der Waals surface area contributed by atoms with Crippen molar-refractivity contribution in [3.63, 3.8) is 0 Å². The van der Waals surface area contributed by atoms with Crippen LogP contribution in [0.4, 0.5) is 5.69 Å². The van der Waals surface area contributed by atoms with Crippen molar-refractivity contribution in [2.45, 2.75) is 19.0 Å². The van der Waals surface area contributed by atoms with Crippen molar-refractivity contribution in [3.8, 4) is 0 Å². The van der Waals surface area contributed by atoms with Crippen molar-refractivity contribution in [2.75, 3.05) is 18.0 Å². The van der Waals surface area contributed by atoms with E-state index < -0.39 is 0 Å². The summed E-state index contributed by atoms with van der Waals surface area (Å²) in [6.07, 6.45) is 3.19. The Kier molecular flexibility index (Phi) is 4.08. The van der Waals surface area contributed by atoms with Gasteiger partial charge < -0.3 is 10.2 Å². The highest BCUT2D eigenvalue weighted by molar-refractivity contribution is 9.10. The topological polar surface area (TPSA) is 33.1 Å². The third-order valence-corrected chi connectivity index (χ3v) is 4.69. The van der Waals surface area contributed by atoms with Gasteiger partial charge >= 0.3 is 0 Å². The highest BCUT2D eigenvalue weighted by Crippen LogP contribution is 2.27. The smallest absolute Gasteiger partial charge is 0.127 e. The molecule has 20 heavy (non-hydrogen) atoms. The Morgan fingerprint density at radius 3 is 2.70 bits per heavy atom. The lowest BCUT2D eigenvalue weighted by Gasteiger charge is -2.34. The summed E-state index contributed by atoms with van der Waals surface area (Å²) in [5, 5.41) is 7.81. The van der Waals surface area contributed by atoms with Crippen LogP contribution in [0.25, 0.3) is 0 Å². The lowest BCUT2D eigenvalue weighted by molar-refractivity contribution is 0.369. The lowest BCUT2D eigenvalue weighted by atomic mass is 10.1. The van der Waals surface area contributed by atoms with E-state index in [1.165, 1.54) is 12.0 Å². The number of benzene rings is 1. The molecule has 2 aromatic rings. The largest absolute Gasteiger partial charge is 0.362 e. The summed E-state index contributed by atoms with van der Waals surface area (Å²) >= 11 is 3.63. The Bertz CT molecular complexity index is 563. The van der Waals surface area contributed by atoms with Crippen LogP contribution in [-0.2, 0) is 13.6 Å². The Morgan fingerprint density at radius 1 is 1.40 bits per heavy atom. The summed E-state index contributed by atoms with van der Waals surface area (Å²) in [6, 6.07) is 11.2. The third-order valence-electron chi connectivity index (χ3n) is 3.77. The van der Waals surface area contributed by atoms with Gasteiger partial charge in [-0.15, -0.1) is 0 Å². The molecule has 0 saturated carbocycles. The number of anilines is 1. The Labute approximate surface area is 127 Å². The van der Waals surface area contributed by atoms with E-state index in [1.807, 2.05) is 17.9 Å². The molecule has 0 aliphatic carbocycles. The van der Waals surface area contributed by atoms with Gasteiger partial charge in [0, 0.05) is 26.2 Å². The van der Waals surface area contributed by atoms with Gasteiger partial charge in [-0.2, -0.15) is 5.10 Å². The van der Waals surface area contributed by atoms with E-state index in [2.05, 4.69) is 61.6 Å². The molecule has 1 fully saturated rings. The number of hydrogen-bond donors (Lipinski definition) is 1. The van der Waals surface area contributed by atoms with E-state index in [9.17, 15) is 0 Å². The fourth-order valence-electron chi connectivity index (χ4n) is 2.45. The van der Waals surface area contributed by atoms with Crippen molar-refractivity contribution in [3.05, 3.63) is 46.7 Å². The lowest BCUT2D eigenvalue weighted by Crippen LogP contribution is -2.50.